The monoisotopic (exact) mass is 332 g/mol. The number of benzene rings is 1. The fourth-order valence-corrected chi connectivity index (χ4v) is 2.21. The first-order valence-corrected chi connectivity index (χ1v) is 8.28. The van der Waals surface area contributed by atoms with Crippen LogP contribution in [0, 0.1) is 12.7 Å². The fraction of sp³-hybridized carbons (Fsp3) is 0.471. The molecule has 0 amide bonds. The lowest BCUT2D eigenvalue weighted by atomic mass is 10.1. The third-order valence-electron chi connectivity index (χ3n) is 3.60. The zero-order chi connectivity index (χ0) is 17.2. The van der Waals surface area contributed by atoms with E-state index in [-0.39, 0.29) is 5.82 Å². The molecule has 0 saturated carbocycles. The number of guanidine groups is 1. The van der Waals surface area contributed by atoms with Gasteiger partial charge in [-0.1, -0.05) is 12.1 Å². The van der Waals surface area contributed by atoms with Crippen LogP contribution in [0.5, 0.6) is 0 Å². The predicted molar refractivity (Wildman–Crippen MR) is 93.2 cm³/mol. The minimum atomic E-state index is -0.186. The van der Waals surface area contributed by atoms with Gasteiger partial charge in [-0.05, 0) is 43.9 Å². The highest BCUT2D eigenvalue weighted by Crippen LogP contribution is 2.09. The number of unbranched alkanes of at least 4 members (excludes halogenated alkanes) is 1. The molecular formula is C17H25FN6. The lowest BCUT2D eigenvalue weighted by molar-refractivity contribution is 0.597. The van der Waals surface area contributed by atoms with Crippen molar-refractivity contribution < 1.29 is 4.39 Å². The summed E-state index contributed by atoms with van der Waals surface area (Å²) in [6.07, 6.45) is 5.49. The number of halogens is 1. The van der Waals surface area contributed by atoms with E-state index in [1.807, 2.05) is 17.6 Å². The summed E-state index contributed by atoms with van der Waals surface area (Å²) >= 11 is 0. The molecule has 7 heteroatoms. The molecule has 0 saturated heterocycles. The highest BCUT2D eigenvalue weighted by molar-refractivity contribution is 5.79. The molecule has 0 fully saturated rings. The van der Waals surface area contributed by atoms with Crippen LogP contribution < -0.4 is 10.6 Å². The number of aliphatic imine (C=N–C) groups is 1. The molecule has 0 aliphatic heterocycles. The van der Waals surface area contributed by atoms with Crippen molar-refractivity contribution in [3.63, 3.8) is 0 Å². The smallest absolute Gasteiger partial charge is 0.191 e. The van der Waals surface area contributed by atoms with Crippen LogP contribution in [0.25, 0.3) is 0 Å². The maximum Gasteiger partial charge on any atom is 0.191 e. The number of aryl methyl sites for hydroxylation is 2. The van der Waals surface area contributed by atoms with Crippen molar-refractivity contribution in [2.24, 2.45) is 4.99 Å². The van der Waals surface area contributed by atoms with Gasteiger partial charge in [0.25, 0.3) is 0 Å². The van der Waals surface area contributed by atoms with Crippen LogP contribution in [0.3, 0.4) is 0 Å². The number of aromatic nitrogens is 3. The summed E-state index contributed by atoms with van der Waals surface area (Å²) in [5, 5.41) is 14.1. The topological polar surface area (TPSA) is 67.1 Å². The Bertz CT molecular complexity index is 639. The van der Waals surface area contributed by atoms with E-state index in [1.165, 1.54) is 0 Å². The molecule has 0 atom stereocenters. The predicted octanol–water partition coefficient (Wildman–Crippen LogP) is 2.26. The van der Waals surface area contributed by atoms with Gasteiger partial charge in [0.15, 0.2) is 5.96 Å². The number of rotatable bonds is 8. The number of nitrogens with zero attached hydrogens (tertiary/aromatic N) is 4. The van der Waals surface area contributed by atoms with Gasteiger partial charge >= 0.3 is 0 Å². The Morgan fingerprint density at radius 3 is 2.71 bits per heavy atom. The molecule has 0 aliphatic carbocycles. The number of nitrogens with one attached hydrogen (secondary N) is 2. The molecule has 1 aromatic carbocycles. The molecule has 0 unspecified atom stereocenters. The summed E-state index contributed by atoms with van der Waals surface area (Å²) in [4.78, 5) is 4.50. The maximum atomic E-state index is 13.6. The second-order valence-corrected chi connectivity index (χ2v) is 5.61. The molecule has 1 heterocycles. The van der Waals surface area contributed by atoms with Gasteiger partial charge in [-0.3, -0.25) is 0 Å². The standard InChI is InChI=1S/C17H25FN6/c1-3-19-17(20-8-4-5-9-24-12-22-23-13-24)21-11-15-7-6-14(2)16(18)10-15/h6-7,10,12-13H,3-5,8-9,11H2,1-2H3,(H2,19,20,21). The van der Waals surface area contributed by atoms with Crippen molar-refractivity contribution in [2.75, 3.05) is 13.1 Å². The lowest BCUT2D eigenvalue weighted by Gasteiger charge is -2.11. The van der Waals surface area contributed by atoms with E-state index in [9.17, 15) is 4.39 Å². The van der Waals surface area contributed by atoms with Crippen molar-refractivity contribution in [3.8, 4) is 0 Å². The second kappa shape index (κ2) is 9.64. The highest BCUT2D eigenvalue weighted by Gasteiger charge is 2.01. The third-order valence-corrected chi connectivity index (χ3v) is 3.60. The molecule has 2 rings (SSSR count). The van der Waals surface area contributed by atoms with Crippen molar-refractivity contribution in [2.45, 2.75) is 39.8 Å². The van der Waals surface area contributed by atoms with E-state index >= 15 is 0 Å². The maximum absolute atomic E-state index is 13.6. The molecule has 2 N–H and O–H groups in total. The SMILES string of the molecule is CCNC(=NCc1ccc(C)c(F)c1)NCCCCn1cnnc1. The summed E-state index contributed by atoms with van der Waals surface area (Å²) < 4.78 is 15.5. The van der Waals surface area contributed by atoms with E-state index in [0.717, 1.165) is 44.0 Å². The molecule has 0 aliphatic rings. The van der Waals surface area contributed by atoms with Crippen molar-refractivity contribution in [3.05, 3.63) is 47.8 Å². The molecule has 130 valence electrons. The first-order chi connectivity index (χ1) is 11.7. The Hall–Kier alpha value is -2.44. The second-order valence-electron chi connectivity index (χ2n) is 5.61. The van der Waals surface area contributed by atoms with Crippen LogP contribution in [0.4, 0.5) is 4.39 Å². The van der Waals surface area contributed by atoms with E-state index in [0.29, 0.717) is 12.1 Å². The largest absolute Gasteiger partial charge is 0.357 e. The Labute approximate surface area is 142 Å². The fourth-order valence-electron chi connectivity index (χ4n) is 2.21. The van der Waals surface area contributed by atoms with Gasteiger partial charge in [0.1, 0.15) is 18.5 Å². The van der Waals surface area contributed by atoms with Gasteiger partial charge in [-0.25, -0.2) is 9.38 Å². The molecule has 0 spiro atoms. The third kappa shape index (κ3) is 5.98. The van der Waals surface area contributed by atoms with Gasteiger partial charge in [0, 0.05) is 19.6 Å². The molecule has 2 aromatic rings. The average molecular weight is 332 g/mol. The van der Waals surface area contributed by atoms with E-state index in [4.69, 9.17) is 0 Å². The highest BCUT2D eigenvalue weighted by atomic mass is 19.1. The van der Waals surface area contributed by atoms with Gasteiger partial charge in [-0.2, -0.15) is 0 Å². The molecule has 24 heavy (non-hydrogen) atoms. The zero-order valence-electron chi connectivity index (χ0n) is 14.3. The average Bonchev–Trinajstić information content (AvgIpc) is 3.08. The van der Waals surface area contributed by atoms with Crippen molar-refractivity contribution in [1.29, 1.82) is 0 Å². The Morgan fingerprint density at radius 2 is 2.00 bits per heavy atom. The minimum Gasteiger partial charge on any atom is -0.357 e. The van der Waals surface area contributed by atoms with Crippen LogP contribution >= 0.6 is 0 Å². The zero-order valence-corrected chi connectivity index (χ0v) is 14.3. The van der Waals surface area contributed by atoms with Crippen LogP contribution in [0.2, 0.25) is 0 Å². The Balaban J connectivity index is 1.76. The van der Waals surface area contributed by atoms with Crippen LogP contribution in [0.1, 0.15) is 30.9 Å². The number of hydrogen-bond acceptors (Lipinski definition) is 3. The quantitative estimate of drug-likeness (QED) is 0.442. The molecule has 6 nitrogen and oxygen atoms in total. The molecule has 0 bridgehead atoms. The molecule has 0 radical (unpaired) electrons. The van der Waals surface area contributed by atoms with Crippen molar-refractivity contribution >= 4 is 5.96 Å². The van der Waals surface area contributed by atoms with Crippen molar-refractivity contribution in [1.82, 2.24) is 25.4 Å². The van der Waals surface area contributed by atoms with Crippen LogP contribution in [-0.4, -0.2) is 33.8 Å². The van der Waals surface area contributed by atoms with Crippen LogP contribution in [-0.2, 0) is 13.1 Å². The molecule has 1 aromatic heterocycles. The van der Waals surface area contributed by atoms with E-state index in [2.05, 4.69) is 25.8 Å². The Morgan fingerprint density at radius 1 is 1.21 bits per heavy atom. The first-order valence-electron chi connectivity index (χ1n) is 8.28. The lowest BCUT2D eigenvalue weighted by Crippen LogP contribution is -2.37. The minimum absolute atomic E-state index is 0.186. The van der Waals surface area contributed by atoms with Gasteiger partial charge in [0.05, 0.1) is 6.54 Å². The summed E-state index contributed by atoms with van der Waals surface area (Å²) in [7, 11) is 0. The van der Waals surface area contributed by atoms with Gasteiger partial charge in [-0.15, -0.1) is 10.2 Å². The summed E-state index contributed by atoms with van der Waals surface area (Å²) in [6, 6.07) is 5.23. The van der Waals surface area contributed by atoms with E-state index in [1.54, 1.807) is 31.7 Å². The number of hydrogen-bond donors (Lipinski definition) is 2. The first kappa shape index (κ1) is 17.9. The van der Waals surface area contributed by atoms with Gasteiger partial charge < -0.3 is 15.2 Å². The summed E-state index contributed by atoms with van der Waals surface area (Å²) in [5.74, 6) is 0.567. The summed E-state index contributed by atoms with van der Waals surface area (Å²) in [5.41, 5.74) is 1.52. The van der Waals surface area contributed by atoms with Gasteiger partial charge in [0.2, 0.25) is 0 Å². The molecular weight excluding hydrogens is 307 g/mol. The van der Waals surface area contributed by atoms with Crippen LogP contribution in [0.15, 0.2) is 35.8 Å². The summed E-state index contributed by atoms with van der Waals surface area (Å²) in [6.45, 7) is 6.76. The van der Waals surface area contributed by atoms with E-state index < -0.39 is 0 Å². The normalized spacial score (nSPS) is 11.5. The Kier molecular flexibility index (Phi) is 7.20.